The smallest absolute Gasteiger partial charge is 0.379 e. The van der Waals surface area contributed by atoms with Gasteiger partial charge in [-0.05, 0) is 55.3 Å². The molecule has 0 bridgehead atoms. The molecule has 2 aromatic carbocycles. The van der Waals surface area contributed by atoms with Crippen LogP contribution in [0, 0.1) is 24.0 Å². The fraction of sp³-hybridized carbons (Fsp3) is 0.105. The van der Waals surface area contributed by atoms with Crippen molar-refractivity contribution >= 4 is 23.2 Å². The molecule has 0 amide bonds. The SMILES string of the molecule is Cc1cc(/N=N/c2ccc(C(=O)Oc3ccc([N+](=O)[O-])cc3)o2)cc(C)c1O. The van der Waals surface area contributed by atoms with Crippen LogP contribution in [-0.2, 0) is 0 Å². The van der Waals surface area contributed by atoms with Gasteiger partial charge in [-0.15, -0.1) is 10.2 Å². The first-order valence-electron chi connectivity index (χ1n) is 8.12. The molecule has 0 aliphatic carbocycles. The number of aryl methyl sites for hydroxylation is 2. The zero-order chi connectivity index (χ0) is 20.3. The highest BCUT2D eigenvalue weighted by atomic mass is 16.6. The number of ether oxygens (including phenoxy) is 1. The van der Waals surface area contributed by atoms with E-state index < -0.39 is 10.9 Å². The third-order valence-corrected chi connectivity index (χ3v) is 3.79. The summed E-state index contributed by atoms with van der Waals surface area (Å²) >= 11 is 0. The Kier molecular flexibility index (Phi) is 5.16. The number of esters is 1. The van der Waals surface area contributed by atoms with E-state index in [1.807, 2.05) is 0 Å². The quantitative estimate of drug-likeness (QED) is 0.214. The number of phenols is 1. The summed E-state index contributed by atoms with van der Waals surface area (Å²) in [5.41, 5.74) is 1.75. The van der Waals surface area contributed by atoms with Gasteiger partial charge in [0.1, 0.15) is 11.5 Å². The van der Waals surface area contributed by atoms with Gasteiger partial charge < -0.3 is 14.3 Å². The Morgan fingerprint density at radius 3 is 2.32 bits per heavy atom. The Bertz CT molecular complexity index is 1050. The number of non-ortho nitro benzene ring substituents is 1. The molecule has 142 valence electrons. The van der Waals surface area contributed by atoms with E-state index >= 15 is 0 Å². The molecular formula is C19H15N3O6. The first-order valence-corrected chi connectivity index (χ1v) is 8.12. The lowest BCUT2D eigenvalue weighted by Crippen LogP contribution is -2.06. The predicted molar refractivity (Wildman–Crippen MR) is 98.5 cm³/mol. The average Bonchev–Trinajstić information content (AvgIpc) is 3.14. The van der Waals surface area contributed by atoms with Crippen LogP contribution in [0.5, 0.6) is 11.5 Å². The molecule has 1 aromatic heterocycles. The molecule has 9 nitrogen and oxygen atoms in total. The number of nitrogens with zero attached hydrogens (tertiary/aromatic N) is 3. The number of hydrogen-bond acceptors (Lipinski definition) is 8. The summed E-state index contributed by atoms with van der Waals surface area (Å²) in [6.45, 7) is 3.50. The summed E-state index contributed by atoms with van der Waals surface area (Å²) in [4.78, 5) is 22.2. The maximum atomic E-state index is 12.1. The number of furan rings is 1. The second-order valence-electron chi connectivity index (χ2n) is 5.91. The van der Waals surface area contributed by atoms with E-state index in [4.69, 9.17) is 9.15 Å². The van der Waals surface area contributed by atoms with Gasteiger partial charge in [-0.3, -0.25) is 10.1 Å². The van der Waals surface area contributed by atoms with Gasteiger partial charge >= 0.3 is 5.97 Å². The van der Waals surface area contributed by atoms with Gasteiger partial charge in [-0.25, -0.2) is 4.79 Å². The van der Waals surface area contributed by atoms with E-state index in [2.05, 4.69) is 10.2 Å². The first-order chi connectivity index (χ1) is 13.3. The minimum atomic E-state index is -0.772. The normalized spacial score (nSPS) is 10.9. The van der Waals surface area contributed by atoms with Crippen LogP contribution in [0.3, 0.4) is 0 Å². The molecule has 9 heteroatoms. The summed E-state index contributed by atoms with van der Waals surface area (Å²) in [6.07, 6.45) is 0. The lowest BCUT2D eigenvalue weighted by atomic mass is 10.1. The Labute approximate surface area is 159 Å². The zero-order valence-electron chi connectivity index (χ0n) is 14.9. The fourth-order valence-corrected chi connectivity index (χ4v) is 2.38. The number of nitro groups is 1. The van der Waals surface area contributed by atoms with Crippen molar-refractivity contribution in [2.75, 3.05) is 0 Å². The monoisotopic (exact) mass is 381 g/mol. The van der Waals surface area contributed by atoms with E-state index in [1.165, 1.54) is 36.4 Å². The van der Waals surface area contributed by atoms with Gasteiger partial charge in [0.05, 0.1) is 10.6 Å². The van der Waals surface area contributed by atoms with Gasteiger partial charge in [-0.1, -0.05) is 0 Å². The number of carbonyl (C=O) groups excluding carboxylic acids is 1. The number of azo groups is 1. The maximum Gasteiger partial charge on any atom is 0.379 e. The van der Waals surface area contributed by atoms with Crippen molar-refractivity contribution in [1.82, 2.24) is 0 Å². The standard InChI is InChI=1S/C19H15N3O6/c1-11-9-13(10-12(2)18(11)23)20-21-17-8-7-16(28-17)19(24)27-15-5-3-14(4-6-15)22(25)26/h3-10,23H,1-2H3/b21-20+. The maximum absolute atomic E-state index is 12.1. The Morgan fingerprint density at radius 1 is 1.07 bits per heavy atom. The number of rotatable bonds is 5. The molecule has 0 radical (unpaired) electrons. The Morgan fingerprint density at radius 2 is 1.71 bits per heavy atom. The topological polar surface area (TPSA) is 128 Å². The molecule has 0 atom stereocenters. The van der Waals surface area contributed by atoms with E-state index in [0.717, 1.165) is 0 Å². The van der Waals surface area contributed by atoms with Crippen LogP contribution < -0.4 is 4.74 Å². The largest absolute Gasteiger partial charge is 0.507 e. The molecule has 0 aliphatic rings. The molecule has 28 heavy (non-hydrogen) atoms. The van der Waals surface area contributed by atoms with Crippen LogP contribution in [0.25, 0.3) is 0 Å². The highest BCUT2D eigenvalue weighted by molar-refractivity contribution is 5.88. The molecule has 0 fully saturated rings. The number of benzene rings is 2. The number of carbonyl (C=O) groups is 1. The summed E-state index contributed by atoms with van der Waals surface area (Å²) in [5, 5.41) is 28.3. The minimum Gasteiger partial charge on any atom is -0.507 e. The number of aromatic hydroxyl groups is 1. The summed E-state index contributed by atoms with van der Waals surface area (Å²) in [6, 6.07) is 11.3. The van der Waals surface area contributed by atoms with Crippen molar-refractivity contribution in [3.05, 3.63) is 75.5 Å². The lowest BCUT2D eigenvalue weighted by molar-refractivity contribution is -0.384. The summed E-state index contributed by atoms with van der Waals surface area (Å²) < 4.78 is 10.4. The molecule has 3 rings (SSSR count). The first kappa shape index (κ1) is 18.8. The molecule has 0 unspecified atom stereocenters. The second-order valence-corrected chi connectivity index (χ2v) is 5.91. The van der Waals surface area contributed by atoms with Crippen LogP contribution >= 0.6 is 0 Å². The van der Waals surface area contributed by atoms with Gasteiger partial charge in [0.25, 0.3) is 5.69 Å². The molecule has 1 N–H and O–H groups in total. The Balaban J connectivity index is 1.69. The third-order valence-electron chi connectivity index (χ3n) is 3.79. The number of nitro benzene ring substituents is 1. The van der Waals surface area contributed by atoms with Gasteiger partial charge in [0.2, 0.25) is 11.6 Å². The fourth-order valence-electron chi connectivity index (χ4n) is 2.38. The van der Waals surface area contributed by atoms with Crippen molar-refractivity contribution < 1.29 is 24.0 Å². The number of phenolic OH excluding ortho intramolecular Hbond substituents is 1. The molecule has 0 spiro atoms. The van der Waals surface area contributed by atoms with Crippen LogP contribution in [0.4, 0.5) is 17.3 Å². The lowest BCUT2D eigenvalue weighted by Gasteiger charge is -2.03. The predicted octanol–water partition coefficient (Wildman–Crippen LogP) is 5.14. The van der Waals surface area contributed by atoms with Crippen LogP contribution in [0.1, 0.15) is 21.7 Å². The zero-order valence-corrected chi connectivity index (χ0v) is 14.9. The van der Waals surface area contributed by atoms with Crippen LogP contribution in [-0.4, -0.2) is 16.0 Å². The van der Waals surface area contributed by atoms with E-state index in [9.17, 15) is 20.0 Å². The van der Waals surface area contributed by atoms with Crippen molar-refractivity contribution in [2.24, 2.45) is 10.2 Å². The number of hydrogen-bond donors (Lipinski definition) is 1. The summed E-state index contributed by atoms with van der Waals surface area (Å²) in [5.74, 6) is -0.422. The van der Waals surface area contributed by atoms with E-state index in [0.29, 0.717) is 16.8 Å². The van der Waals surface area contributed by atoms with Crippen molar-refractivity contribution in [3.8, 4) is 11.5 Å². The van der Waals surface area contributed by atoms with Gasteiger partial charge in [-0.2, -0.15) is 0 Å². The van der Waals surface area contributed by atoms with E-state index in [1.54, 1.807) is 26.0 Å². The minimum absolute atomic E-state index is 0.0922. The van der Waals surface area contributed by atoms with Crippen molar-refractivity contribution in [3.63, 3.8) is 0 Å². The van der Waals surface area contributed by atoms with Crippen molar-refractivity contribution in [1.29, 1.82) is 0 Å². The van der Waals surface area contributed by atoms with Gasteiger partial charge in [0.15, 0.2) is 0 Å². The molecule has 1 heterocycles. The molecule has 0 saturated heterocycles. The molecule has 0 saturated carbocycles. The third kappa shape index (κ3) is 4.21. The van der Waals surface area contributed by atoms with Crippen LogP contribution in [0.15, 0.2) is 63.2 Å². The van der Waals surface area contributed by atoms with Gasteiger partial charge in [0, 0.05) is 18.2 Å². The summed E-state index contributed by atoms with van der Waals surface area (Å²) in [7, 11) is 0. The average molecular weight is 381 g/mol. The molecule has 0 aliphatic heterocycles. The highest BCUT2D eigenvalue weighted by Gasteiger charge is 2.15. The highest BCUT2D eigenvalue weighted by Crippen LogP contribution is 2.29. The van der Waals surface area contributed by atoms with Crippen LogP contribution in [0.2, 0.25) is 0 Å². The second kappa shape index (κ2) is 7.70. The van der Waals surface area contributed by atoms with E-state index in [-0.39, 0.29) is 28.8 Å². The van der Waals surface area contributed by atoms with Crippen molar-refractivity contribution in [2.45, 2.75) is 13.8 Å². The Hall–Kier alpha value is -4.01. The molecular weight excluding hydrogens is 366 g/mol. The molecule has 3 aromatic rings.